The van der Waals surface area contributed by atoms with Crippen molar-refractivity contribution in [3.05, 3.63) is 22.6 Å². The van der Waals surface area contributed by atoms with Gasteiger partial charge >= 0.3 is 0 Å². The fourth-order valence-corrected chi connectivity index (χ4v) is 2.07. The molecule has 0 radical (unpaired) electrons. The van der Waals surface area contributed by atoms with Crippen molar-refractivity contribution in [3.8, 4) is 0 Å². The SMILES string of the molecule is Cc1ccc2[nH]c(=S)n(CCC(C)(C)C)c2n1. The second-order valence-electron chi connectivity index (χ2n) is 5.72. The fraction of sp³-hybridized carbons (Fsp3) is 0.538. The summed E-state index contributed by atoms with van der Waals surface area (Å²) in [4.78, 5) is 7.77. The van der Waals surface area contributed by atoms with Gasteiger partial charge in [-0.3, -0.25) is 0 Å². The zero-order valence-electron chi connectivity index (χ0n) is 10.9. The number of aryl methyl sites for hydroxylation is 2. The van der Waals surface area contributed by atoms with Gasteiger partial charge in [0.2, 0.25) is 0 Å². The summed E-state index contributed by atoms with van der Waals surface area (Å²) in [6.45, 7) is 9.64. The average Bonchev–Trinajstić information content (AvgIpc) is 2.49. The highest BCUT2D eigenvalue weighted by Gasteiger charge is 2.12. The van der Waals surface area contributed by atoms with Gasteiger partial charge < -0.3 is 9.55 Å². The van der Waals surface area contributed by atoms with Crippen molar-refractivity contribution in [2.75, 3.05) is 0 Å². The Morgan fingerprint density at radius 2 is 2.06 bits per heavy atom. The van der Waals surface area contributed by atoms with Gasteiger partial charge in [-0.1, -0.05) is 20.8 Å². The highest BCUT2D eigenvalue weighted by atomic mass is 32.1. The van der Waals surface area contributed by atoms with Gasteiger partial charge in [0.15, 0.2) is 10.4 Å². The van der Waals surface area contributed by atoms with E-state index in [0.717, 1.165) is 34.6 Å². The van der Waals surface area contributed by atoms with Gasteiger partial charge in [0, 0.05) is 12.2 Å². The molecule has 0 aliphatic rings. The van der Waals surface area contributed by atoms with Crippen molar-refractivity contribution in [3.63, 3.8) is 0 Å². The molecule has 0 aromatic carbocycles. The first kappa shape index (κ1) is 12.3. The van der Waals surface area contributed by atoms with E-state index in [1.165, 1.54) is 0 Å². The van der Waals surface area contributed by atoms with Crippen LogP contribution in [0.4, 0.5) is 0 Å². The second kappa shape index (κ2) is 4.26. The summed E-state index contributed by atoms with van der Waals surface area (Å²) >= 11 is 5.35. The molecule has 0 fully saturated rings. The van der Waals surface area contributed by atoms with Crippen LogP contribution in [0.5, 0.6) is 0 Å². The Balaban J connectivity index is 2.42. The monoisotopic (exact) mass is 249 g/mol. The predicted octanol–water partition coefficient (Wildman–Crippen LogP) is 3.84. The number of aromatic amines is 1. The topological polar surface area (TPSA) is 33.6 Å². The normalized spacial score (nSPS) is 12.2. The molecule has 17 heavy (non-hydrogen) atoms. The summed E-state index contributed by atoms with van der Waals surface area (Å²) in [6.07, 6.45) is 1.09. The molecule has 2 aromatic heterocycles. The molecule has 1 N–H and O–H groups in total. The van der Waals surface area contributed by atoms with E-state index in [1.807, 2.05) is 19.1 Å². The zero-order chi connectivity index (χ0) is 12.6. The van der Waals surface area contributed by atoms with Gasteiger partial charge in [-0.05, 0) is 43.1 Å². The number of aromatic nitrogens is 3. The summed E-state index contributed by atoms with van der Waals surface area (Å²) in [5.74, 6) is 0. The Kier molecular flexibility index (Phi) is 3.08. The molecule has 4 heteroatoms. The minimum Gasteiger partial charge on any atom is -0.329 e. The molecular weight excluding hydrogens is 230 g/mol. The van der Waals surface area contributed by atoms with Crippen molar-refractivity contribution in [1.82, 2.24) is 14.5 Å². The lowest BCUT2D eigenvalue weighted by molar-refractivity contribution is 0.351. The quantitative estimate of drug-likeness (QED) is 0.820. The standard InChI is InChI=1S/C13H19N3S/c1-9-5-6-10-11(14-9)16(12(17)15-10)8-7-13(2,3)4/h5-6H,7-8H2,1-4H3,(H,15,17). The van der Waals surface area contributed by atoms with Crippen LogP contribution in [0.1, 0.15) is 32.9 Å². The van der Waals surface area contributed by atoms with E-state index in [2.05, 4.69) is 35.3 Å². The Morgan fingerprint density at radius 1 is 1.35 bits per heavy atom. The van der Waals surface area contributed by atoms with E-state index >= 15 is 0 Å². The number of nitrogens with zero attached hydrogens (tertiary/aromatic N) is 2. The molecule has 0 amide bonds. The maximum atomic E-state index is 5.35. The zero-order valence-corrected chi connectivity index (χ0v) is 11.7. The largest absolute Gasteiger partial charge is 0.329 e. The predicted molar refractivity (Wildman–Crippen MR) is 73.7 cm³/mol. The summed E-state index contributed by atoms with van der Waals surface area (Å²) < 4.78 is 2.87. The van der Waals surface area contributed by atoms with Gasteiger partial charge in [0.1, 0.15) is 0 Å². The molecule has 3 nitrogen and oxygen atoms in total. The molecule has 0 saturated heterocycles. The molecule has 92 valence electrons. The first-order valence-corrected chi connectivity index (χ1v) is 6.34. The maximum Gasteiger partial charge on any atom is 0.179 e. The van der Waals surface area contributed by atoms with Gasteiger partial charge in [-0.25, -0.2) is 4.98 Å². The van der Waals surface area contributed by atoms with E-state index in [4.69, 9.17) is 12.2 Å². The first-order chi connectivity index (χ1) is 7.87. The van der Waals surface area contributed by atoms with Crippen molar-refractivity contribution in [1.29, 1.82) is 0 Å². The molecule has 2 aromatic rings. The van der Waals surface area contributed by atoms with Crippen LogP contribution in [0, 0.1) is 17.1 Å². The molecule has 2 heterocycles. The molecule has 0 atom stereocenters. The summed E-state index contributed by atoms with van der Waals surface area (Å²) in [6, 6.07) is 4.04. The van der Waals surface area contributed by atoms with Gasteiger partial charge in [-0.15, -0.1) is 0 Å². The van der Waals surface area contributed by atoms with Crippen LogP contribution in [0.3, 0.4) is 0 Å². The second-order valence-corrected chi connectivity index (χ2v) is 6.10. The van der Waals surface area contributed by atoms with Gasteiger partial charge in [0.05, 0.1) is 5.52 Å². The lowest BCUT2D eigenvalue weighted by atomic mass is 9.92. The van der Waals surface area contributed by atoms with E-state index in [0.29, 0.717) is 5.41 Å². The minimum atomic E-state index is 0.308. The Bertz CT molecular complexity index is 587. The van der Waals surface area contributed by atoms with E-state index in [-0.39, 0.29) is 0 Å². The maximum absolute atomic E-state index is 5.35. The Labute approximate surface area is 107 Å². The van der Waals surface area contributed by atoms with Gasteiger partial charge in [0.25, 0.3) is 0 Å². The van der Waals surface area contributed by atoms with Crippen LogP contribution in [0.15, 0.2) is 12.1 Å². The first-order valence-electron chi connectivity index (χ1n) is 5.93. The van der Waals surface area contributed by atoms with Crippen LogP contribution in [0.25, 0.3) is 11.2 Å². The number of rotatable bonds is 2. The van der Waals surface area contributed by atoms with Crippen molar-refractivity contribution in [2.45, 2.75) is 40.7 Å². The van der Waals surface area contributed by atoms with Crippen LogP contribution in [-0.2, 0) is 6.54 Å². The third kappa shape index (κ3) is 2.75. The van der Waals surface area contributed by atoms with Crippen LogP contribution >= 0.6 is 12.2 Å². The third-order valence-corrected chi connectivity index (χ3v) is 3.16. The van der Waals surface area contributed by atoms with Crippen molar-refractivity contribution >= 4 is 23.4 Å². The highest BCUT2D eigenvalue weighted by molar-refractivity contribution is 7.71. The van der Waals surface area contributed by atoms with E-state index < -0.39 is 0 Å². The molecule has 0 aliphatic carbocycles. The van der Waals surface area contributed by atoms with Crippen molar-refractivity contribution in [2.24, 2.45) is 5.41 Å². The smallest absolute Gasteiger partial charge is 0.179 e. The van der Waals surface area contributed by atoms with Crippen LogP contribution in [0.2, 0.25) is 0 Å². The van der Waals surface area contributed by atoms with Gasteiger partial charge in [-0.2, -0.15) is 0 Å². The van der Waals surface area contributed by atoms with Crippen LogP contribution in [-0.4, -0.2) is 14.5 Å². The van der Waals surface area contributed by atoms with Crippen LogP contribution < -0.4 is 0 Å². The number of H-pyrrole nitrogens is 1. The molecule has 0 saturated carbocycles. The summed E-state index contributed by atoms with van der Waals surface area (Å²) in [7, 11) is 0. The number of pyridine rings is 1. The molecule has 0 aliphatic heterocycles. The molecule has 0 bridgehead atoms. The lowest BCUT2D eigenvalue weighted by Gasteiger charge is -2.18. The number of hydrogen-bond acceptors (Lipinski definition) is 2. The number of fused-ring (bicyclic) bond motifs is 1. The van der Waals surface area contributed by atoms with Crippen molar-refractivity contribution < 1.29 is 0 Å². The molecule has 0 spiro atoms. The van der Waals surface area contributed by atoms with E-state index in [1.54, 1.807) is 0 Å². The highest BCUT2D eigenvalue weighted by Crippen LogP contribution is 2.21. The molecule has 0 unspecified atom stereocenters. The third-order valence-electron chi connectivity index (χ3n) is 2.84. The van der Waals surface area contributed by atoms with E-state index in [9.17, 15) is 0 Å². The number of imidazole rings is 1. The summed E-state index contributed by atoms with van der Waals surface area (Å²) in [5.41, 5.74) is 3.33. The Hall–Kier alpha value is -1.16. The fourth-order valence-electron chi connectivity index (χ4n) is 1.78. The average molecular weight is 249 g/mol. The Morgan fingerprint density at radius 3 is 2.71 bits per heavy atom. The lowest BCUT2D eigenvalue weighted by Crippen LogP contribution is -2.10. The minimum absolute atomic E-state index is 0.308. The summed E-state index contributed by atoms with van der Waals surface area (Å²) in [5, 5.41) is 0. The molecular formula is C13H19N3S. The number of nitrogens with one attached hydrogen (secondary N) is 1. The molecule has 2 rings (SSSR count). The number of hydrogen-bond donors (Lipinski definition) is 1.